The Morgan fingerprint density at radius 2 is 1.79 bits per heavy atom. The van der Waals surface area contributed by atoms with E-state index in [0.29, 0.717) is 17.5 Å². The number of hydrogen-bond acceptors (Lipinski definition) is 3. The second kappa shape index (κ2) is 3.50. The summed E-state index contributed by atoms with van der Waals surface area (Å²) in [5.41, 5.74) is 6.79. The molecule has 0 bridgehead atoms. The average molecular weight is 195 g/mol. The lowest BCUT2D eigenvalue weighted by Crippen LogP contribution is -2.34. The molecule has 0 saturated carbocycles. The van der Waals surface area contributed by atoms with Crippen LogP contribution in [0.4, 0.5) is 0 Å². The maximum absolute atomic E-state index is 9.61. The first-order valence-electron chi connectivity index (χ1n) is 4.60. The Morgan fingerprint density at radius 3 is 2.29 bits per heavy atom. The lowest BCUT2D eigenvalue weighted by molar-refractivity contribution is 0.437. The number of phenols is 2. The lowest BCUT2D eigenvalue weighted by atomic mass is 9.94. The van der Waals surface area contributed by atoms with Gasteiger partial charge in [-0.15, -0.1) is 0 Å². The lowest BCUT2D eigenvalue weighted by Gasteiger charge is -2.19. The Kier molecular flexibility index (Phi) is 2.71. The van der Waals surface area contributed by atoms with Crippen LogP contribution in [0.25, 0.3) is 0 Å². The van der Waals surface area contributed by atoms with E-state index in [4.69, 9.17) is 5.73 Å². The monoisotopic (exact) mass is 195 g/mol. The highest BCUT2D eigenvalue weighted by Crippen LogP contribution is 2.28. The summed E-state index contributed by atoms with van der Waals surface area (Å²) in [7, 11) is 0. The van der Waals surface area contributed by atoms with Gasteiger partial charge in [0.25, 0.3) is 0 Å². The summed E-state index contributed by atoms with van der Waals surface area (Å²) in [6, 6.07) is 3.12. The fraction of sp³-hybridized carbons (Fsp3) is 0.455. The van der Waals surface area contributed by atoms with Crippen molar-refractivity contribution in [3.05, 3.63) is 23.3 Å². The van der Waals surface area contributed by atoms with Crippen LogP contribution in [0.1, 0.15) is 25.0 Å². The predicted octanol–water partition coefficient (Wildman–Crippen LogP) is 1.69. The first kappa shape index (κ1) is 10.9. The second-order valence-electron chi connectivity index (χ2n) is 4.43. The van der Waals surface area contributed by atoms with Gasteiger partial charge in [0.2, 0.25) is 0 Å². The molecule has 14 heavy (non-hydrogen) atoms. The van der Waals surface area contributed by atoms with Crippen LogP contribution in [0.2, 0.25) is 0 Å². The van der Waals surface area contributed by atoms with E-state index in [1.807, 2.05) is 13.8 Å². The minimum Gasteiger partial charge on any atom is -0.508 e. The van der Waals surface area contributed by atoms with Crippen molar-refractivity contribution in [3.63, 3.8) is 0 Å². The molecule has 3 heteroatoms. The third-order valence-electron chi connectivity index (χ3n) is 2.04. The van der Waals surface area contributed by atoms with E-state index >= 15 is 0 Å². The van der Waals surface area contributed by atoms with E-state index < -0.39 is 0 Å². The Bertz CT molecular complexity index is 340. The van der Waals surface area contributed by atoms with Crippen molar-refractivity contribution in [3.8, 4) is 11.5 Å². The van der Waals surface area contributed by atoms with Gasteiger partial charge in [-0.3, -0.25) is 0 Å². The zero-order valence-corrected chi connectivity index (χ0v) is 8.83. The highest BCUT2D eigenvalue weighted by atomic mass is 16.3. The van der Waals surface area contributed by atoms with Gasteiger partial charge in [0.05, 0.1) is 0 Å². The van der Waals surface area contributed by atoms with Gasteiger partial charge in [0.15, 0.2) is 0 Å². The SMILES string of the molecule is Cc1cc(O)c(CC(C)(C)N)cc1O. The molecule has 1 aromatic rings. The van der Waals surface area contributed by atoms with E-state index in [2.05, 4.69) is 0 Å². The molecular weight excluding hydrogens is 178 g/mol. The van der Waals surface area contributed by atoms with Gasteiger partial charge in [-0.1, -0.05) is 0 Å². The molecule has 0 aliphatic rings. The van der Waals surface area contributed by atoms with Gasteiger partial charge in [-0.25, -0.2) is 0 Å². The molecule has 0 spiro atoms. The Labute approximate surface area is 84.2 Å². The molecule has 0 radical (unpaired) electrons. The minimum absolute atomic E-state index is 0.193. The minimum atomic E-state index is -0.390. The van der Waals surface area contributed by atoms with Crippen LogP contribution < -0.4 is 5.73 Å². The third kappa shape index (κ3) is 2.64. The Balaban J connectivity index is 3.04. The number of rotatable bonds is 2. The summed E-state index contributed by atoms with van der Waals surface area (Å²) in [4.78, 5) is 0. The molecule has 0 aliphatic heterocycles. The molecule has 0 amide bonds. The summed E-state index contributed by atoms with van der Waals surface area (Å²) in [5, 5.41) is 19.1. The third-order valence-corrected chi connectivity index (χ3v) is 2.04. The molecule has 0 saturated heterocycles. The van der Waals surface area contributed by atoms with Crippen molar-refractivity contribution in [2.24, 2.45) is 5.73 Å². The number of nitrogens with two attached hydrogens (primary N) is 1. The zero-order valence-electron chi connectivity index (χ0n) is 8.83. The van der Waals surface area contributed by atoms with Crippen molar-refractivity contribution < 1.29 is 10.2 Å². The Morgan fingerprint density at radius 1 is 1.21 bits per heavy atom. The summed E-state index contributed by atoms with van der Waals surface area (Å²) in [6.07, 6.45) is 0.534. The molecule has 1 aromatic carbocycles. The molecule has 78 valence electrons. The maximum atomic E-state index is 9.61. The van der Waals surface area contributed by atoms with Crippen LogP contribution in [0.5, 0.6) is 11.5 Å². The standard InChI is InChI=1S/C11H17NO2/c1-7-4-10(14)8(5-9(7)13)6-11(2,3)12/h4-5,13-14H,6,12H2,1-3H3. The highest BCUT2D eigenvalue weighted by molar-refractivity contribution is 5.44. The van der Waals surface area contributed by atoms with Crippen molar-refractivity contribution in [1.82, 2.24) is 0 Å². The van der Waals surface area contributed by atoms with Crippen LogP contribution in [0.3, 0.4) is 0 Å². The average Bonchev–Trinajstić information content (AvgIpc) is 1.97. The van der Waals surface area contributed by atoms with Crippen LogP contribution in [0, 0.1) is 6.92 Å². The fourth-order valence-electron chi connectivity index (χ4n) is 1.36. The van der Waals surface area contributed by atoms with Gasteiger partial charge in [-0.05, 0) is 50.5 Å². The molecule has 0 atom stereocenters. The van der Waals surface area contributed by atoms with E-state index in [0.717, 1.165) is 0 Å². The van der Waals surface area contributed by atoms with Crippen molar-refractivity contribution in [2.45, 2.75) is 32.7 Å². The maximum Gasteiger partial charge on any atom is 0.119 e. The van der Waals surface area contributed by atoms with Gasteiger partial charge in [0.1, 0.15) is 11.5 Å². The van der Waals surface area contributed by atoms with Crippen molar-refractivity contribution in [2.75, 3.05) is 0 Å². The van der Waals surface area contributed by atoms with E-state index in [1.54, 1.807) is 19.1 Å². The summed E-state index contributed by atoms with van der Waals surface area (Å²) >= 11 is 0. The highest BCUT2D eigenvalue weighted by Gasteiger charge is 2.15. The van der Waals surface area contributed by atoms with Gasteiger partial charge >= 0.3 is 0 Å². The van der Waals surface area contributed by atoms with Crippen LogP contribution in [0.15, 0.2) is 12.1 Å². The summed E-state index contributed by atoms with van der Waals surface area (Å²) in [5.74, 6) is 0.390. The fourth-order valence-corrected chi connectivity index (χ4v) is 1.36. The first-order valence-corrected chi connectivity index (χ1v) is 4.60. The van der Waals surface area contributed by atoms with Crippen molar-refractivity contribution in [1.29, 1.82) is 0 Å². The van der Waals surface area contributed by atoms with Gasteiger partial charge in [-0.2, -0.15) is 0 Å². The van der Waals surface area contributed by atoms with E-state index in [1.165, 1.54) is 0 Å². The second-order valence-corrected chi connectivity index (χ2v) is 4.43. The number of phenolic OH excluding ortho intramolecular Hbond substituents is 2. The molecule has 0 fully saturated rings. The predicted molar refractivity (Wildman–Crippen MR) is 56.5 cm³/mol. The summed E-state index contributed by atoms with van der Waals surface area (Å²) < 4.78 is 0. The molecule has 0 unspecified atom stereocenters. The zero-order chi connectivity index (χ0) is 10.9. The number of aryl methyl sites for hydroxylation is 1. The summed E-state index contributed by atoms with van der Waals surface area (Å²) in [6.45, 7) is 5.50. The smallest absolute Gasteiger partial charge is 0.119 e. The largest absolute Gasteiger partial charge is 0.508 e. The van der Waals surface area contributed by atoms with E-state index in [9.17, 15) is 10.2 Å². The normalized spacial score (nSPS) is 11.7. The molecule has 0 aromatic heterocycles. The quantitative estimate of drug-likeness (QED) is 0.629. The van der Waals surface area contributed by atoms with Crippen LogP contribution >= 0.6 is 0 Å². The Hall–Kier alpha value is -1.22. The molecule has 4 N–H and O–H groups in total. The molecule has 0 aliphatic carbocycles. The number of aromatic hydroxyl groups is 2. The number of benzene rings is 1. The van der Waals surface area contributed by atoms with Crippen LogP contribution in [-0.4, -0.2) is 15.8 Å². The molecule has 3 nitrogen and oxygen atoms in total. The first-order chi connectivity index (χ1) is 6.29. The van der Waals surface area contributed by atoms with Gasteiger partial charge < -0.3 is 15.9 Å². The molecule has 0 heterocycles. The molecular formula is C11H17NO2. The van der Waals surface area contributed by atoms with Crippen molar-refractivity contribution >= 4 is 0 Å². The van der Waals surface area contributed by atoms with E-state index in [-0.39, 0.29) is 17.0 Å². The molecule has 1 rings (SSSR count). The number of hydrogen-bond donors (Lipinski definition) is 3. The van der Waals surface area contributed by atoms with Crippen LogP contribution in [-0.2, 0) is 6.42 Å². The topological polar surface area (TPSA) is 66.5 Å². The van der Waals surface area contributed by atoms with Gasteiger partial charge in [0, 0.05) is 5.54 Å².